The largest absolute Gasteiger partial charge is 0.459 e. The van der Waals surface area contributed by atoms with Gasteiger partial charge in [0.15, 0.2) is 10.9 Å². The third-order valence-corrected chi connectivity index (χ3v) is 4.79. The fraction of sp³-hybridized carbons (Fsp3) is 0.0526. The van der Waals surface area contributed by atoms with Gasteiger partial charge in [0.1, 0.15) is 0 Å². The van der Waals surface area contributed by atoms with Gasteiger partial charge >= 0.3 is 0 Å². The summed E-state index contributed by atoms with van der Waals surface area (Å²) in [4.78, 5) is 19.3. The number of carbonyl (C=O) groups excluding carboxylic acids is 1. The number of amides is 1. The number of aryl methyl sites for hydroxylation is 1. The van der Waals surface area contributed by atoms with E-state index in [2.05, 4.69) is 4.98 Å². The average Bonchev–Trinajstić information content (AvgIpc) is 3.26. The number of rotatable bonds is 3. The Bertz CT molecular complexity index is 972. The molecular weight excluding hydrogens is 320 g/mol. The minimum atomic E-state index is -0.228. The smallest absolute Gasteiger partial charge is 0.300 e. The molecule has 0 saturated heterocycles. The van der Waals surface area contributed by atoms with Crippen molar-refractivity contribution in [3.8, 4) is 0 Å². The van der Waals surface area contributed by atoms with Crippen molar-refractivity contribution in [2.75, 3.05) is 4.90 Å². The average molecular weight is 334 g/mol. The summed E-state index contributed by atoms with van der Waals surface area (Å²) in [6.45, 7) is 1.98. The Balaban J connectivity index is 1.90. The van der Waals surface area contributed by atoms with Crippen molar-refractivity contribution in [2.24, 2.45) is 0 Å². The molecule has 0 fully saturated rings. The lowest BCUT2D eigenvalue weighted by molar-refractivity contribution is 0.0973. The number of benzene rings is 2. The number of aromatic nitrogens is 1. The minimum absolute atomic E-state index is 0.228. The molecular formula is C19H14N2O2S. The van der Waals surface area contributed by atoms with Crippen LogP contribution in [0.4, 0.5) is 10.8 Å². The molecule has 0 spiro atoms. The van der Waals surface area contributed by atoms with Crippen LogP contribution in [0, 0.1) is 6.92 Å². The van der Waals surface area contributed by atoms with Crippen molar-refractivity contribution >= 4 is 38.3 Å². The number of nitrogens with zero attached hydrogens (tertiary/aromatic N) is 2. The fourth-order valence-corrected chi connectivity index (χ4v) is 3.56. The number of carbonyl (C=O) groups is 1. The highest BCUT2D eigenvalue weighted by molar-refractivity contribution is 7.22. The van der Waals surface area contributed by atoms with Crippen molar-refractivity contribution in [1.29, 1.82) is 0 Å². The zero-order valence-corrected chi connectivity index (χ0v) is 13.8. The molecule has 118 valence electrons. The van der Waals surface area contributed by atoms with Crippen LogP contribution in [0.25, 0.3) is 10.2 Å². The molecule has 0 saturated carbocycles. The van der Waals surface area contributed by atoms with Crippen molar-refractivity contribution < 1.29 is 9.21 Å². The van der Waals surface area contributed by atoms with Crippen LogP contribution in [0.5, 0.6) is 0 Å². The van der Waals surface area contributed by atoms with E-state index in [4.69, 9.17) is 4.42 Å². The molecule has 24 heavy (non-hydrogen) atoms. The summed E-state index contributed by atoms with van der Waals surface area (Å²) in [6, 6.07) is 19.0. The molecule has 0 atom stereocenters. The van der Waals surface area contributed by atoms with Gasteiger partial charge in [0.05, 0.1) is 22.2 Å². The molecule has 0 unspecified atom stereocenters. The predicted molar refractivity (Wildman–Crippen MR) is 96.0 cm³/mol. The quantitative estimate of drug-likeness (QED) is 0.519. The van der Waals surface area contributed by atoms with Crippen LogP contribution in [0.2, 0.25) is 0 Å². The van der Waals surface area contributed by atoms with Gasteiger partial charge in [-0.25, -0.2) is 9.88 Å². The second kappa shape index (κ2) is 5.94. The molecule has 4 aromatic rings. The van der Waals surface area contributed by atoms with Crippen molar-refractivity contribution in [3.05, 3.63) is 78.3 Å². The van der Waals surface area contributed by atoms with E-state index >= 15 is 0 Å². The Morgan fingerprint density at radius 3 is 2.58 bits per heavy atom. The van der Waals surface area contributed by atoms with Crippen LogP contribution >= 0.6 is 11.3 Å². The second-order valence-corrected chi connectivity index (χ2v) is 6.38. The Labute approximate surface area is 143 Å². The molecule has 4 nitrogen and oxygen atoms in total. The Morgan fingerprint density at radius 2 is 1.83 bits per heavy atom. The third kappa shape index (κ3) is 2.49. The van der Waals surface area contributed by atoms with E-state index in [0.717, 1.165) is 21.5 Å². The normalized spacial score (nSPS) is 10.9. The number of anilines is 2. The van der Waals surface area contributed by atoms with Crippen molar-refractivity contribution in [2.45, 2.75) is 6.92 Å². The predicted octanol–water partition coefficient (Wildman–Crippen LogP) is 5.18. The van der Waals surface area contributed by atoms with E-state index in [1.165, 1.54) is 17.6 Å². The molecule has 0 N–H and O–H groups in total. The standard InChI is InChI=1S/C19H14N2O2S/c1-13-7-2-4-9-15(13)21(18(22)16-10-6-12-23-16)19-20-14-8-3-5-11-17(14)24-19/h2-12H,1H3. The molecule has 0 aliphatic carbocycles. The maximum Gasteiger partial charge on any atom is 0.300 e. The molecule has 0 aliphatic rings. The van der Waals surface area contributed by atoms with Gasteiger partial charge in [-0.1, -0.05) is 41.7 Å². The Morgan fingerprint density at radius 1 is 1.04 bits per heavy atom. The highest BCUT2D eigenvalue weighted by Crippen LogP contribution is 2.35. The summed E-state index contributed by atoms with van der Waals surface area (Å²) in [6.07, 6.45) is 1.50. The first-order valence-corrected chi connectivity index (χ1v) is 8.35. The lowest BCUT2D eigenvalue weighted by Crippen LogP contribution is -2.26. The highest BCUT2D eigenvalue weighted by atomic mass is 32.1. The summed E-state index contributed by atoms with van der Waals surface area (Å²) in [5.41, 5.74) is 2.68. The van der Waals surface area contributed by atoms with Crippen molar-refractivity contribution in [3.63, 3.8) is 0 Å². The summed E-state index contributed by atoms with van der Waals surface area (Å²) in [5, 5.41) is 0.631. The number of para-hydroxylation sites is 2. The highest BCUT2D eigenvalue weighted by Gasteiger charge is 2.26. The van der Waals surface area contributed by atoms with Crippen LogP contribution in [0.15, 0.2) is 71.3 Å². The maximum atomic E-state index is 13.0. The molecule has 0 bridgehead atoms. The Kier molecular flexibility index (Phi) is 3.63. The van der Waals surface area contributed by atoms with E-state index in [1.807, 2.05) is 55.5 Å². The van der Waals surface area contributed by atoms with E-state index < -0.39 is 0 Å². The van der Waals surface area contributed by atoms with E-state index in [-0.39, 0.29) is 11.7 Å². The van der Waals surface area contributed by atoms with Crippen molar-refractivity contribution in [1.82, 2.24) is 4.98 Å². The number of thiazole rings is 1. The van der Waals surface area contributed by atoms with Crippen LogP contribution in [0.1, 0.15) is 16.1 Å². The van der Waals surface area contributed by atoms with Crippen LogP contribution in [0.3, 0.4) is 0 Å². The number of fused-ring (bicyclic) bond motifs is 1. The van der Waals surface area contributed by atoms with Gasteiger partial charge in [-0.2, -0.15) is 0 Å². The van der Waals surface area contributed by atoms with Gasteiger partial charge in [-0.15, -0.1) is 0 Å². The summed E-state index contributed by atoms with van der Waals surface area (Å²) < 4.78 is 6.36. The van der Waals surface area contributed by atoms with E-state index in [9.17, 15) is 4.79 Å². The number of furan rings is 1. The van der Waals surface area contributed by atoms with Gasteiger partial charge in [-0.05, 0) is 42.8 Å². The molecule has 2 heterocycles. The topological polar surface area (TPSA) is 46.3 Å². The first kappa shape index (κ1) is 14.7. The zero-order chi connectivity index (χ0) is 16.5. The Hall–Kier alpha value is -2.92. The third-order valence-electron chi connectivity index (χ3n) is 3.77. The first-order chi connectivity index (χ1) is 11.7. The van der Waals surface area contributed by atoms with Crippen LogP contribution < -0.4 is 4.90 Å². The fourth-order valence-electron chi connectivity index (χ4n) is 2.58. The van der Waals surface area contributed by atoms with Gasteiger partial charge in [-0.3, -0.25) is 4.79 Å². The molecule has 4 rings (SSSR count). The molecule has 0 radical (unpaired) electrons. The molecule has 1 amide bonds. The van der Waals surface area contributed by atoms with Crippen LogP contribution in [-0.2, 0) is 0 Å². The van der Waals surface area contributed by atoms with Gasteiger partial charge in [0, 0.05) is 0 Å². The van der Waals surface area contributed by atoms with Gasteiger partial charge in [0.25, 0.3) is 5.91 Å². The van der Waals surface area contributed by atoms with E-state index in [1.54, 1.807) is 17.0 Å². The van der Waals surface area contributed by atoms with Gasteiger partial charge < -0.3 is 4.42 Å². The first-order valence-electron chi connectivity index (χ1n) is 7.53. The number of hydrogen-bond acceptors (Lipinski definition) is 4. The monoisotopic (exact) mass is 334 g/mol. The maximum absolute atomic E-state index is 13.0. The summed E-state index contributed by atoms with van der Waals surface area (Å²) in [7, 11) is 0. The lowest BCUT2D eigenvalue weighted by Gasteiger charge is -2.20. The van der Waals surface area contributed by atoms with E-state index in [0.29, 0.717) is 5.13 Å². The minimum Gasteiger partial charge on any atom is -0.459 e. The zero-order valence-electron chi connectivity index (χ0n) is 13.0. The molecule has 2 aromatic carbocycles. The lowest BCUT2D eigenvalue weighted by atomic mass is 10.2. The summed E-state index contributed by atoms with van der Waals surface area (Å²) in [5.74, 6) is 0.0610. The van der Waals surface area contributed by atoms with Gasteiger partial charge in [0.2, 0.25) is 0 Å². The molecule has 2 aromatic heterocycles. The SMILES string of the molecule is Cc1ccccc1N(C(=O)c1ccco1)c1nc2ccccc2s1. The second-order valence-electron chi connectivity index (χ2n) is 5.37. The van der Waals surface area contributed by atoms with Crippen LogP contribution in [-0.4, -0.2) is 10.9 Å². The summed E-state index contributed by atoms with van der Waals surface area (Å²) >= 11 is 1.49. The molecule has 0 aliphatic heterocycles. The molecule has 5 heteroatoms. The number of hydrogen-bond donors (Lipinski definition) is 0.